The van der Waals surface area contributed by atoms with Gasteiger partial charge in [-0.2, -0.15) is 4.98 Å². The molecule has 0 atom stereocenters. The molecule has 0 bridgehead atoms. The van der Waals surface area contributed by atoms with Gasteiger partial charge in [-0.3, -0.25) is 0 Å². The zero-order valence-corrected chi connectivity index (χ0v) is 14.4. The molecule has 0 fully saturated rings. The summed E-state index contributed by atoms with van der Waals surface area (Å²) in [7, 11) is 0. The smallest absolute Gasteiger partial charge is 0.224 e. The maximum absolute atomic E-state index is 6.00. The predicted molar refractivity (Wildman–Crippen MR) is 98.2 cm³/mol. The second-order valence-corrected chi connectivity index (χ2v) is 6.65. The average molecular weight is 374 g/mol. The number of fused-ring (bicyclic) bond motifs is 1. The van der Waals surface area contributed by atoms with Crippen molar-refractivity contribution in [1.82, 2.24) is 20.2 Å². The quantitative estimate of drug-likeness (QED) is 0.500. The van der Waals surface area contributed by atoms with Gasteiger partial charge in [0.2, 0.25) is 10.4 Å². The van der Waals surface area contributed by atoms with Gasteiger partial charge >= 0.3 is 0 Å². The van der Waals surface area contributed by atoms with Crippen molar-refractivity contribution in [3.63, 3.8) is 0 Å². The van der Waals surface area contributed by atoms with Crippen LogP contribution in [0.5, 0.6) is 0 Å². The van der Waals surface area contributed by atoms with E-state index >= 15 is 0 Å². The Hall–Kier alpha value is -2.28. The maximum atomic E-state index is 6.00. The van der Waals surface area contributed by atoms with Gasteiger partial charge in [0.05, 0.1) is 5.52 Å². The van der Waals surface area contributed by atoms with Crippen LogP contribution in [0.25, 0.3) is 21.5 Å². The third kappa shape index (κ3) is 3.03. The van der Waals surface area contributed by atoms with E-state index in [-0.39, 0.29) is 5.28 Å². The zero-order chi connectivity index (χ0) is 16.5. The highest BCUT2D eigenvalue weighted by atomic mass is 35.5. The molecule has 0 aliphatic heterocycles. The summed E-state index contributed by atoms with van der Waals surface area (Å²) in [4.78, 5) is 8.46. The molecular formula is C16H9Cl2N5S. The van der Waals surface area contributed by atoms with Crippen LogP contribution in [-0.4, -0.2) is 20.2 Å². The van der Waals surface area contributed by atoms with Crippen LogP contribution in [0, 0.1) is 0 Å². The van der Waals surface area contributed by atoms with E-state index in [0.717, 1.165) is 21.5 Å². The number of halogens is 2. The van der Waals surface area contributed by atoms with Crippen LogP contribution >= 0.6 is 34.5 Å². The van der Waals surface area contributed by atoms with Crippen LogP contribution < -0.4 is 5.32 Å². The van der Waals surface area contributed by atoms with Crippen molar-refractivity contribution in [3.05, 3.63) is 58.8 Å². The van der Waals surface area contributed by atoms with Gasteiger partial charge in [0.25, 0.3) is 0 Å². The number of hydrogen-bond donors (Lipinski definition) is 1. The molecule has 8 heteroatoms. The second kappa shape index (κ2) is 6.32. The Kier molecular flexibility index (Phi) is 4.02. The largest absolute Gasteiger partial charge is 0.314 e. The number of benzene rings is 2. The fraction of sp³-hybridized carbons (Fsp3) is 0. The minimum atomic E-state index is 0.179. The summed E-state index contributed by atoms with van der Waals surface area (Å²) in [6, 6.07) is 15.1. The van der Waals surface area contributed by atoms with E-state index in [2.05, 4.69) is 25.5 Å². The van der Waals surface area contributed by atoms with Crippen LogP contribution in [0.15, 0.2) is 48.5 Å². The second-order valence-electron chi connectivity index (χ2n) is 4.90. The number of hydrogen-bond acceptors (Lipinski definition) is 6. The van der Waals surface area contributed by atoms with Gasteiger partial charge in [-0.15, -0.1) is 10.2 Å². The van der Waals surface area contributed by atoms with Crippen LogP contribution in [0.2, 0.25) is 10.3 Å². The Balaban J connectivity index is 1.68. The Labute approximate surface area is 151 Å². The molecule has 24 heavy (non-hydrogen) atoms. The predicted octanol–water partition coefficient (Wildman–Crippen LogP) is 5.20. The van der Waals surface area contributed by atoms with Gasteiger partial charge in [0.15, 0.2) is 0 Å². The molecule has 0 amide bonds. The fourth-order valence-electron chi connectivity index (χ4n) is 2.23. The Morgan fingerprint density at radius 3 is 2.50 bits per heavy atom. The van der Waals surface area contributed by atoms with Crippen molar-refractivity contribution < 1.29 is 0 Å². The van der Waals surface area contributed by atoms with Gasteiger partial charge in [-0.1, -0.05) is 47.2 Å². The summed E-state index contributed by atoms with van der Waals surface area (Å²) >= 11 is 13.3. The third-order valence-electron chi connectivity index (χ3n) is 3.32. The molecule has 4 rings (SSSR count). The summed E-state index contributed by atoms with van der Waals surface area (Å²) < 4.78 is 0. The lowest BCUT2D eigenvalue weighted by Gasteiger charge is -2.05. The lowest BCUT2D eigenvalue weighted by molar-refractivity contribution is 1.09. The number of nitrogens with zero attached hydrogens (tertiary/aromatic N) is 4. The minimum absolute atomic E-state index is 0.179. The molecule has 2 aromatic heterocycles. The molecule has 0 saturated heterocycles. The average Bonchev–Trinajstić information content (AvgIpc) is 3.04. The highest BCUT2D eigenvalue weighted by molar-refractivity contribution is 7.18. The van der Waals surface area contributed by atoms with Crippen LogP contribution in [0.3, 0.4) is 0 Å². The molecule has 0 saturated carbocycles. The maximum Gasteiger partial charge on any atom is 0.224 e. The van der Waals surface area contributed by atoms with E-state index in [1.807, 2.05) is 48.5 Å². The van der Waals surface area contributed by atoms with E-state index in [1.54, 1.807) is 0 Å². The van der Waals surface area contributed by atoms with Crippen molar-refractivity contribution in [1.29, 1.82) is 0 Å². The van der Waals surface area contributed by atoms with E-state index in [4.69, 9.17) is 23.2 Å². The Morgan fingerprint density at radius 2 is 1.67 bits per heavy atom. The van der Waals surface area contributed by atoms with Crippen molar-refractivity contribution in [3.8, 4) is 10.6 Å². The first-order valence-corrected chi connectivity index (χ1v) is 8.55. The molecular weight excluding hydrogens is 365 g/mol. The van der Waals surface area contributed by atoms with Crippen molar-refractivity contribution in [2.75, 3.05) is 5.32 Å². The monoisotopic (exact) mass is 373 g/mol. The Bertz CT molecular complexity index is 1020. The molecule has 2 aromatic carbocycles. The van der Waals surface area contributed by atoms with Gasteiger partial charge in [-0.25, -0.2) is 4.98 Å². The third-order valence-corrected chi connectivity index (χ3v) is 4.63. The first kappa shape index (κ1) is 15.3. The normalized spacial score (nSPS) is 10.9. The van der Waals surface area contributed by atoms with E-state index in [0.29, 0.717) is 16.0 Å². The molecule has 2 heterocycles. The SMILES string of the molecule is Clc1ccc(-c2nnc(Nc3nc(Cl)nc4ccccc34)s2)cc1. The lowest BCUT2D eigenvalue weighted by Crippen LogP contribution is -1.96. The van der Waals surface area contributed by atoms with E-state index < -0.39 is 0 Å². The fourth-order valence-corrected chi connectivity index (χ4v) is 3.28. The summed E-state index contributed by atoms with van der Waals surface area (Å²) in [5.41, 5.74) is 1.72. The summed E-state index contributed by atoms with van der Waals surface area (Å²) in [6.45, 7) is 0. The van der Waals surface area contributed by atoms with Gasteiger partial charge in [0, 0.05) is 16.0 Å². The van der Waals surface area contributed by atoms with E-state index in [1.165, 1.54) is 11.3 Å². The number of anilines is 2. The zero-order valence-electron chi connectivity index (χ0n) is 12.1. The standard InChI is InChI=1S/C16H9Cl2N5S/c17-10-7-5-9(6-8-10)14-22-23-16(24-14)21-13-11-3-1-2-4-12(11)19-15(18)20-13/h1-8H,(H,19,20,21,23). The van der Waals surface area contributed by atoms with Gasteiger partial charge in [0.1, 0.15) is 10.8 Å². The van der Waals surface area contributed by atoms with Crippen molar-refractivity contribution in [2.24, 2.45) is 0 Å². The molecule has 0 aliphatic rings. The Morgan fingerprint density at radius 1 is 0.875 bits per heavy atom. The molecule has 5 nitrogen and oxygen atoms in total. The summed E-state index contributed by atoms with van der Waals surface area (Å²) in [5.74, 6) is 0.601. The molecule has 4 aromatic rings. The number of rotatable bonds is 3. The molecule has 0 unspecified atom stereocenters. The van der Waals surface area contributed by atoms with Crippen molar-refractivity contribution >= 4 is 56.4 Å². The summed E-state index contributed by atoms with van der Waals surface area (Å²) in [6.07, 6.45) is 0. The van der Waals surface area contributed by atoms with Gasteiger partial charge < -0.3 is 5.32 Å². The van der Waals surface area contributed by atoms with Crippen LogP contribution in [0.1, 0.15) is 0 Å². The highest BCUT2D eigenvalue weighted by Crippen LogP contribution is 2.30. The van der Waals surface area contributed by atoms with Gasteiger partial charge in [-0.05, 0) is 35.9 Å². The lowest BCUT2D eigenvalue weighted by atomic mass is 10.2. The molecule has 0 aliphatic carbocycles. The first-order valence-electron chi connectivity index (χ1n) is 6.98. The number of aromatic nitrogens is 4. The van der Waals surface area contributed by atoms with Crippen LogP contribution in [0.4, 0.5) is 10.9 Å². The number of para-hydroxylation sites is 1. The molecule has 0 radical (unpaired) electrons. The number of nitrogens with one attached hydrogen (secondary N) is 1. The first-order chi connectivity index (χ1) is 11.7. The molecule has 0 spiro atoms. The topological polar surface area (TPSA) is 63.6 Å². The summed E-state index contributed by atoms with van der Waals surface area (Å²) in [5, 5.41) is 14.7. The molecule has 1 N–H and O–H groups in total. The van der Waals surface area contributed by atoms with Crippen molar-refractivity contribution in [2.45, 2.75) is 0 Å². The minimum Gasteiger partial charge on any atom is -0.314 e. The highest BCUT2D eigenvalue weighted by Gasteiger charge is 2.11. The molecule has 118 valence electrons. The van der Waals surface area contributed by atoms with E-state index in [9.17, 15) is 0 Å². The van der Waals surface area contributed by atoms with Crippen LogP contribution in [-0.2, 0) is 0 Å².